The molecule has 1 amide bonds. The molecule has 96 valence electrons. The van der Waals surface area contributed by atoms with Gasteiger partial charge in [0.05, 0.1) is 6.04 Å². The molecule has 2 aromatic rings. The third kappa shape index (κ3) is 4.11. The van der Waals surface area contributed by atoms with Crippen molar-refractivity contribution in [3.8, 4) is 0 Å². The van der Waals surface area contributed by atoms with E-state index in [0.717, 1.165) is 11.1 Å². The number of carbonyl (C=O) groups excluding carboxylic acids is 1. The van der Waals surface area contributed by atoms with Crippen molar-refractivity contribution in [2.75, 3.05) is 0 Å². The Labute approximate surface area is 113 Å². The lowest BCUT2D eigenvalue weighted by molar-refractivity contribution is -0.117. The van der Waals surface area contributed by atoms with E-state index in [1.54, 1.807) is 6.08 Å². The first-order valence-corrected chi connectivity index (χ1v) is 6.34. The van der Waals surface area contributed by atoms with Crippen LogP contribution in [0.15, 0.2) is 66.7 Å². The number of amides is 1. The Kier molecular flexibility index (Phi) is 4.51. The molecule has 0 saturated carbocycles. The van der Waals surface area contributed by atoms with E-state index in [1.165, 1.54) is 0 Å². The van der Waals surface area contributed by atoms with Gasteiger partial charge in [0, 0.05) is 6.08 Å². The zero-order valence-electron chi connectivity index (χ0n) is 10.9. The van der Waals surface area contributed by atoms with Crippen LogP contribution in [-0.4, -0.2) is 5.91 Å². The predicted octanol–water partition coefficient (Wildman–Crippen LogP) is 3.58. The second kappa shape index (κ2) is 6.55. The van der Waals surface area contributed by atoms with Crippen molar-refractivity contribution in [1.82, 2.24) is 5.32 Å². The highest BCUT2D eigenvalue weighted by molar-refractivity contribution is 5.91. The van der Waals surface area contributed by atoms with Crippen molar-refractivity contribution in [2.24, 2.45) is 0 Å². The molecule has 0 aliphatic heterocycles. The first kappa shape index (κ1) is 13.1. The van der Waals surface area contributed by atoms with Crippen molar-refractivity contribution < 1.29 is 4.79 Å². The summed E-state index contributed by atoms with van der Waals surface area (Å²) in [6.07, 6.45) is 3.38. The summed E-state index contributed by atoms with van der Waals surface area (Å²) in [6, 6.07) is 19.7. The molecular formula is C17H17NO. The molecule has 2 aromatic carbocycles. The Hall–Kier alpha value is -2.35. The Bertz CT molecular complexity index is 546. The van der Waals surface area contributed by atoms with Gasteiger partial charge in [0.25, 0.3) is 0 Å². The molecular weight excluding hydrogens is 234 g/mol. The van der Waals surface area contributed by atoms with E-state index in [-0.39, 0.29) is 11.9 Å². The molecule has 0 heterocycles. The van der Waals surface area contributed by atoms with Gasteiger partial charge in [-0.15, -0.1) is 0 Å². The van der Waals surface area contributed by atoms with Gasteiger partial charge in [-0.3, -0.25) is 4.79 Å². The number of nitrogens with one attached hydrogen (secondary N) is 1. The zero-order valence-corrected chi connectivity index (χ0v) is 10.9. The Balaban J connectivity index is 1.93. The van der Waals surface area contributed by atoms with Crippen molar-refractivity contribution in [1.29, 1.82) is 0 Å². The van der Waals surface area contributed by atoms with E-state index in [4.69, 9.17) is 0 Å². The van der Waals surface area contributed by atoms with E-state index in [9.17, 15) is 4.79 Å². The lowest BCUT2D eigenvalue weighted by Gasteiger charge is -2.12. The molecule has 2 nitrogen and oxygen atoms in total. The van der Waals surface area contributed by atoms with Gasteiger partial charge in [-0.1, -0.05) is 60.7 Å². The molecule has 0 unspecified atom stereocenters. The summed E-state index contributed by atoms with van der Waals surface area (Å²) < 4.78 is 0. The topological polar surface area (TPSA) is 29.1 Å². The quantitative estimate of drug-likeness (QED) is 0.827. The molecule has 0 aliphatic rings. The van der Waals surface area contributed by atoms with E-state index >= 15 is 0 Å². The number of hydrogen-bond acceptors (Lipinski definition) is 1. The summed E-state index contributed by atoms with van der Waals surface area (Å²) >= 11 is 0. The van der Waals surface area contributed by atoms with E-state index < -0.39 is 0 Å². The fraction of sp³-hybridized carbons (Fsp3) is 0.118. The maximum atomic E-state index is 11.8. The number of benzene rings is 2. The summed E-state index contributed by atoms with van der Waals surface area (Å²) in [6.45, 7) is 1.98. The average Bonchev–Trinajstić information content (AvgIpc) is 2.47. The molecule has 0 aromatic heterocycles. The van der Waals surface area contributed by atoms with Crippen LogP contribution in [0, 0.1) is 0 Å². The fourth-order valence-corrected chi connectivity index (χ4v) is 1.82. The van der Waals surface area contributed by atoms with Crippen LogP contribution in [0.1, 0.15) is 24.1 Å². The minimum Gasteiger partial charge on any atom is -0.346 e. The maximum absolute atomic E-state index is 11.8. The van der Waals surface area contributed by atoms with Crippen molar-refractivity contribution >= 4 is 12.0 Å². The molecule has 0 spiro atoms. The molecule has 19 heavy (non-hydrogen) atoms. The average molecular weight is 251 g/mol. The Morgan fingerprint density at radius 2 is 1.58 bits per heavy atom. The summed E-state index contributed by atoms with van der Waals surface area (Å²) in [5.74, 6) is -0.0831. The standard InChI is InChI=1S/C17H17NO/c1-14(16-10-6-3-7-11-16)18-17(19)13-12-15-8-4-2-5-9-15/h2-14H,1H3,(H,18,19)/b13-12-/t14-/m0/s1. The smallest absolute Gasteiger partial charge is 0.244 e. The third-order valence-electron chi connectivity index (χ3n) is 2.89. The van der Waals surface area contributed by atoms with Gasteiger partial charge < -0.3 is 5.32 Å². The van der Waals surface area contributed by atoms with Gasteiger partial charge in [-0.05, 0) is 24.1 Å². The minimum atomic E-state index is -0.0831. The van der Waals surface area contributed by atoms with E-state index in [0.29, 0.717) is 0 Å². The molecule has 0 fully saturated rings. The number of hydrogen-bond donors (Lipinski definition) is 1. The maximum Gasteiger partial charge on any atom is 0.244 e. The number of carbonyl (C=O) groups is 1. The Morgan fingerprint density at radius 3 is 2.21 bits per heavy atom. The molecule has 0 radical (unpaired) electrons. The monoisotopic (exact) mass is 251 g/mol. The second-order valence-corrected chi connectivity index (χ2v) is 4.38. The first-order valence-electron chi connectivity index (χ1n) is 6.34. The van der Waals surface area contributed by atoms with Crippen LogP contribution in [0.25, 0.3) is 6.08 Å². The summed E-state index contributed by atoms with van der Waals surface area (Å²) in [7, 11) is 0. The minimum absolute atomic E-state index is 0.00845. The fourth-order valence-electron chi connectivity index (χ4n) is 1.82. The molecule has 0 saturated heterocycles. The molecule has 2 rings (SSSR count). The molecule has 2 heteroatoms. The normalized spacial score (nSPS) is 12.3. The van der Waals surface area contributed by atoms with Crippen LogP contribution in [-0.2, 0) is 4.79 Å². The van der Waals surface area contributed by atoms with Crippen LogP contribution in [0.4, 0.5) is 0 Å². The van der Waals surface area contributed by atoms with Crippen LogP contribution in [0.3, 0.4) is 0 Å². The largest absolute Gasteiger partial charge is 0.346 e. The number of rotatable bonds is 4. The lowest BCUT2D eigenvalue weighted by Crippen LogP contribution is -2.24. The SMILES string of the molecule is C[C@H](NC(=O)/C=C\c1ccccc1)c1ccccc1. The van der Waals surface area contributed by atoms with Crippen LogP contribution >= 0.6 is 0 Å². The highest BCUT2D eigenvalue weighted by atomic mass is 16.1. The van der Waals surface area contributed by atoms with Crippen LogP contribution < -0.4 is 5.32 Å². The summed E-state index contributed by atoms with van der Waals surface area (Å²) in [4.78, 5) is 11.8. The predicted molar refractivity (Wildman–Crippen MR) is 78.5 cm³/mol. The van der Waals surface area contributed by atoms with Crippen molar-refractivity contribution in [3.63, 3.8) is 0 Å². The third-order valence-corrected chi connectivity index (χ3v) is 2.89. The lowest BCUT2D eigenvalue weighted by atomic mass is 10.1. The first-order chi connectivity index (χ1) is 9.25. The molecule has 0 bridgehead atoms. The van der Waals surface area contributed by atoms with Crippen molar-refractivity contribution in [3.05, 3.63) is 77.9 Å². The van der Waals surface area contributed by atoms with Gasteiger partial charge in [0.2, 0.25) is 5.91 Å². The van der Waals surface area contributed by atoms with Gasteiger partial charge in [0.15, 0.2) is 0 Å². The summed E-state index contributed by atoms with van der Waals surface area (Å²) in [5, 5.41) is 2.94. The molecule has 0 aliphatic carbocycles. The highest BCUT2D eigenvalue weighted by Gasteiger charge is 2.06. The van der Waals surface area contributed by atoms with Gasteiger partial charge in [-0.2, -0.15) is 0 Å². The van der Waals surface area contributed by atoms with Crippen LogP contribution in [0.5, 0.6) is 0 Å². The highest BCUT2D eigenvalue weighted by Crippen LogP contribution is 2.11. The summed E-state index contributed by atoms with van der Waals surface area (Å²) in [5.41, 5.74) is 2.12. The van der Waals surface area contributed by atoms with Crippen molar-refractivity contribution in [2.45, 2.75) is 13.0 Å². The van der Waals surface area contributed by atoms with Crippen LogP contribution in [0.2, 0.25) is 0 Å². The Morgan fingerprint density at radius 1 is 1.00 bits per heavy atom. The zero-order chi connectivity index (χ0) is 13.5. The van der Waals surface area contributed by atoms with Gasteiger partial charge in [0.1, 0.15) is 0 Å². The van der Waals surface area contributed by atoms with E-state index in [1.807, 2.05) is 73.7 Å². The molecule has 1 N–H and O–H groups in total. The van der Waals surface area contributed by atoms with Gasteiger partial charge >= 0.3 is 0 Å². The van der Waals surface area contributed by atoms with E-state index in [2.05, 4.69) is 5.32 Å². The van der Waals surface area contributed by atoms with Gasteiger partial charge in [-0.25, -0.2) is 0 Å². The second-order valence-electron chi connectivity index (χ2n) is 4.38. The molecule has 1 atom stereocenters.